The van der Waals surface area contributed by atoms with E-state index in [9.17, 15) is 0 Å². The molecule has 104 valence electrons. The fourth-order valence-electron chi connectivity index (χ4n) is 2.47. The maximum atomic E-state index is 8.48. The summed E-state index contributed by atoms with van der Waals surface area (Å²) in [5, 5.41) is 11.1. The Kier molecular flexibility index (Phi) is 4.06. The third-order valence-corrected chi connectivity index (χ3v) is 3.61. The van der Waals surface area contributed by atoms with Gasteiger partial charge in [0.2, 0.25) is 7.98 Å². The van der Waals surface area contributed by atoms with E-state index < -0.39 is 0 Å². The molecule has 3 aromatic carbocycles. The van der Waals surface area contributed by atoms with Crippen molar-refractivity contribution in [2.24, 2.45) is 0 Å². The molecule has 3 rings (SSSR count). The van der Waals surface area contributed by atoms with E-state index in [4.69, 9.17) is 13.4 Å². The predicted molar refractivity (Wildman–Crippen MR) is 93.6 cm³/mol. The van der Waals surface area contributed by atoms with Gasteiger partial charge in [-0.2, -0.15) is 0 Å². The number of hydrogen-bond donors (Lipinski definition) is 2. The van der Waals surface area contributed by atoms with Crippen LogP contribution in [0.15, 0.2) is 78.9 Å². The summed E-state index contributed by atoms with van der Waals surface area (Å²) in [6, 6.07) is 25.7. The molecule has 0 saturated carbocycles. The van der Waals surface area contributed by atoms with E-state index >= 15 is 0 Å². The summed E-state index contributed by atoms with van der Waals surface area (Å²) < 4.78 is 0. The highest BCUT2D eigenvalue weighted by atomic mass is 14.7. The molecular weight excluding hydrogens is 267 g/mol. The number of para-hydroxylation sites is 1. The van der Waals surface area contributed by atoms with Crippen molar-refractivity contribution in [2.45, 2.75) is 0 Å². The van der Waals surface area contributed by atoms with Gasteiger partial charge in [0.25, 0.3) is 0 Å². The molecule has 0 unspecified atom stereocenters. The Hall–Kier alpha value is -2.81. The molecule has 2 nitrogen and oxygen atoms in total. The maximum absolute atomic E-state index is 8.48. The van der Waals surface area contributed by atoms with Crippen molar-refractivity contribution < 1.29 is 0 Å². The van der Waals surface area contributed by atoms with E-state index in [0.717, 1.165) is 27.9 Å². The van der Waals surface area contributed by atoms with Crippen molar-refractivity contribution in [3.63, 3.8) is 0 Å². The second-order valence-corrected chi connectivity index (χ2v) is 5.01. The Balaban J connectivity index is 2.01. The van der Waals surface area contributed by atoms with Crippen molar-refractivity contribution >= 4 is 19.4 Å². The third kappa shape index (κ3) is 2.79. The first-order chi connectivity index (χ1) is 10.8. The highest BCUT2D eigenvalue weighted by molar-refractivity contribution is 6.21. The summed E-state index contributed by atoms with van der Waals surface area (Å²) in [5.74, 6) is 0. The Labute approximate surface area is 131 Å². The van der Waals surface area contributed by atoms with Crippen molar-refractivity contribution in [2.75, 3.05) is 5.23 Å². The monoisotopic (exact) mass is 282 g/mol. The van der Waals surface area contributed by atoms with E-state index in [-0.39, 0.29) is 0 Å². The molecule has 0 heterocycles. The summed E-state index contributed by atoms with van der Waals surface area (Å²) >= 11 is 0. The van der Waals surface area contributed by atoms with Crippen LogP contribution in [0.1, 0.15) is 11.1 Å². The minimum Gasteiger partial charge on any atom is -0.437 e. The van der Waals surface area contributed by atoms with Gasteiger partial charge in [0.15, 0.2) is 0 Å². The number of anilines is 1. The van der Waals surface area contributed by atoms with Gasteiger partial charge < -0.3 is 5.23 Å². The Morgan fingerprint density at radius 3 is 2.23 bits per heavy atom. The minimum absolute atomic E-state index is 0.450. The molecule has 0 aromatic heterocycles. The first-order valence-electron chi connectivity index (χ1n) is 7.10. The molecule has 0 aliphatic rings. The Morgan fingerprint density at radius 2 is 1.45 bits per heavy atom. The zero-order valence-electron chi connectivity index (χ0n) is 12.1. The second-order valence-electron chi connectivity index (χ2n) is 5.01. The minimum atomic E-state index is 0.450. The van der Waals surface area contributed by atoms with Crippen LogP contribution in [0.3, 0.4) is 0 Å². The van der Waals surface area contributed by atoms with E-state index in [1.807, 2.05) is 60.7 Å². The van der Waals surface area contributed by atoms with Gasteiger partial charge >= 0.3 is 0 Å². The molecule has 0 spiro atoms. The average molecular weight is 282 g/mol. The lowest BCUT2D eigenvalue weighted by molar-refractivity contribution is 1.45. The molecule has 0 aliphatic heterocycles. The van der Waals surface area contributed by atoms with E-state index in [1.165, 1.54) is 0 Å². The first kappa shape index (κ1) is 14.1. The quantitative estimate of drug-likeness (QED) is 0.544. The van der Waals surface area contributed by atoms with Crippen LogP contribution < -0.4 is 5.23 Å². The smallest absolute Gasteiger partial charge is 0.222 e. The van der Waals surface area contributed by atoms with Crippen LogP contribution in [0.5, 0.6) is 0 Å². The number of rotatable bonds is 4. The van der Waals surface area contributed by atoms with Crippen molar-refractivity contribution in [1.82, 2.24) is 0 Å². The zero-order valence-corrected chi connectivity index (χ0v) is 12.1. The lowest BCUT2D eigenvalue weighted by atomic mass is 9.96. The second kappa shape index (κ2) is 6.31. The number of hydrogen-bond acceptors (Lipinski definition) is 2. The van der Waals surface area contributed by atoms with Gasteiger partial charge in [-0.05, 0) is 23.3 Å². The van der Waals surface area contributed by atoms with Crippen LogP contribution in [-0.4, -0.2) is 13.7 Å². The lowest BCUT2D eigenvalue weighted by Crippen LogP contribution is -2.06. The normalized spacial score (nSPS) is 10.2. The van der Waals surface area contributed by atoms with E-state index in [1.54, 1.807) is 0 Å². The zero-order chi connectivity index (χ0) is 15.4. The van der Waals surface area contributed by atoms with Gasteiger partial charge in [-0.3, -0.25) is 5.41 Å². The summed E-state index contributed by atoms with van der Waals surface area (Å²) in [7, 11) is 5.54. The van der Waals surface area contributed by atoms with Gasteiger partial charge in [-0.25, -0.2) is 0 Å². The van der Waals surface area contributed by atoms with Crippen LogP contribution >= 0.6 is 0 Å². The molecule has 0 fully saturated rings. The molecule has 0 amide bonds. The molecule has 2 radical (unpaired) electrons. The van der Waals surface area contributed by atoms with Crippen molar-refractivity contribution in [3.8, 4) is 11.1 Å². The lowest BCUT2D eigenvalue weighted by Gasteiger charge is -2.12. The fraction of sp³-hybridized carbons (Fsp3) is 0. The predicted octanol–water partition coefficient (Wildman–Crippen LogP) is 4.27. The standard InChI is InChI=1S/C19H15BN2/c20-22-18-12-5-4-11-17(18)19(21)16-10-6-9-15(13-16)14-7-2-1-3-8-14/h1-13,21-22H. The molecule has 3 heteroatoms. The third-order valence-electron chi connectivity index (χ3n) is 3.61. The number of nitrogens with one attached hydrogen (secondary N) is 2. The molecule has 2 N–H and O–H groups in total. The molecule has 3 aromatic rings. The molecule has 0 saturated heterocycles. The van der Waals surface area contributed by atoms with Gasteiger partial charge in [0.1, 0.15) is 0 Å². The average Bonchev–Trinajstić information content (AvgIpc) is 2.62. The topological polar surface area (TPSA) is 35.9 Å². The Bertz CT molecular complexity index is 797. The molecule has 22 heavy (non-hydrogen) atoms. The van der Waals surface area contributed by atoms with E-state index in [0.29, 0.717) is 5.71 Å². The van der Waals surface area contributed by atoms with Crippen LogP contribution in [0.4, 0.5) is 5.69 Å². The fourth-order valence-corrected chi connectivity index (χ4v) is 2.47. The van der Waals surface area contributed by atoms with E-state index in [2.05, 4.69) is 23.4 Å². The van der Waals surface area contributed by atoms with Crippen molar-refractivity contribution in [1.29, 1.82) is 5.41 Å². The highest BCUT2D eigenvalue weighted by Crippen LogP contribution is 2.23. The van der Waals surface area contributed by atoms with Gasteiger partial charge in [-0.15, -0.1) is 0 Å². The van der Waals surface area contributed by atoms with Crippen LogP contribution in [0.25, 0.3) is 11.1 Å². The number of benzene rings is 3. The van der Waals surface area contributed by atoms with Crippen molar-refractivity contribution in [3.05, 3.63) is 90.0 Å². The first-order valence-corrected chi connectivity index (χ1v) is 7.10. The van der Waals surface area contributed by atoms with Crippen LogP contribution in [0.2, 0.25) is 0 Å². The highest BCUT2D eigenvalue weighted by Gasteiger charge is 2.09. The Morgan fingerprint density at radius 1 is 0.773 bits per heavy atom. The largest absolute Gasteiger partial charge is 0.437 e. The van der Waals surface area contributed by atoms with Crippen LogP contribution in [0, 0.1) is 5.41 Å². The van der Waals surface area contributed by atoms with Gasteiger partial charge in [-0.1, -0.05) is 66.7 Å². The molecular formula is C19H15BN2. The summed E-state index contributed by atoms with van der Waals surface area (Å²) in [6.45, 7) is 0. The summed E-state index contributed by atoms with van der Waals surface area (Å²) in [5.41, 5.74) is 5.09. The summed E-state index contributed by atoms with van der Waals surface area (Å²) in [4.78, 5) is 0. The van der Waals surface area contributed by atoms with Gasteiger partial charge in [0.05, 0.1) is 5.71 Å². The SMILES string of the molecule is [B]Nc1ccccc1C(=N)c1cccc(-c2ccccc2)c1. The molecule has 0 bridgehead atoms. The molecule has 0 atom stereocenters. The van der Waals surface area contributed by atoms with Gasteiger partial charge in [0, 0.05) is 16.8 Å². The molecule has 0 aliphatic carbocycles. The summed E-state index contributed by atoms with van der Waals surface area (Å²) in [6.07, 6.45) is 0. The van der Waals surface area contributed by atoms with Crippen LogP contribution in [-0.2, 0) is 0 Å². The maximum Gasteiger partial charge on any atom is 0.222 e.